The molecule has 1 aromatic carbocycles. The van der Waals surface area contributed by atoms with Gasteiger partial charge in [0, 0.05) is 6.54 Å². The molecule has 1 aromatic rings. The first kappa shape index (κ1) is 10.1. The van der Waals surface area contributed by atoms with Crippen LogP contribution < -0.4 is 5.73 Å². The van der Waals surface area contributed by atoms with Crippen molar-refractivity contribution in [2.45, 2.75) is 6.54 Å². The smallest absolute Gasteiger partial charge is 0.157 e. The Labute approximate surface area is 70.9 Å². The summed E-state index contributed by atoms with van der Waals surface area (Å²) in [7, 11) is 0. The number of hydrogen-bond donors (Lipinski definition) is 3. The van der Waals surface area contributed by atoms with E-state index in [0.717, 1.165) is 5.56 Å². The van der Waals surface area contributed by atoms with Crippen LogP contribution >= 0.6 is 12.4 Å². The normalized spacial score (nSPS) is 8.82. The summed E-state index contributed by atoms with van der Waals surface area (Å²) in [5.41, 5.74) is 6.08. The first-order chi connectivity index (χ1) is 4.74. The van der Waals surface area contributed by atoms with Gasteiger partial charge in [-0.1, -0.05) is 6.07 Å². The monoisotopic (exact) mass is 175 g/mol. The average molecular weight is 176 g/mol. The zero-order valence-corrected chi connectivity index (χ0v) is 6.64. The van der Waals surface area contributed by atoms with Crippen molar-refractivity contribution in [3.8, 4) is 11.5 Å². The zero-order valence-electron chi connectivity index (χ0n) is 5.82. The van der Waals surface area contributed by atoms with Gasteiger partial charge >= 0.3 is 0 Å². The third-order valence-corrected chi connectivity index (χ3v) is 1.28. The van der Waals surface area contributed by atoms with Crippen LogP contribution in [0.5, 0.6) is 11.5 Å². The molecule has 0 amide bonds. The summed E-state index contributed by atoms with van der Waals surface area (Å²) in [6, 6.07) is 4.52. The van der Waals surface area contributed by atoms with Crippen molar-refractivity contribution in [2.24, 2.45) is 5.73 Å². The van der Waals surface area contributed by atoms with Gasteiger partial charge in [0.05, 0.1) is 0 Å². The van der Waals surface area contributed by atoms with Gasteiger partial charge in [0.15, 0.2) is 11.5 Å². The first-order valence-corrected chi connectivity index (χ1v) is 2.95. The highest BCUT2D eigenvalue weighted by Crippen LogP contribution is 2.24. The molecule has 0 radical (unpaired) electrons. The molecular formula is C7H10ClNO2. The molecule has 0 heterocycles. The van der Waals surface area contributed by atoms with Crippen LogP contribution in [0.3, 0.4) is 0 Å². The van der Waals surface area contributed by atoms with E-state index in [1.54, 1.807) is 6.07 Å². The maximum atomic E-state index is 8.93. The number of phenols is 2. The second kappa shape index (κ2) is 4.05. The van der Waals surface area contributed by atoms with Crippen LogP contribution in [0.1, 0.15) is 5.56 Å². The van der Waals surface area contributed by atoms with E-state index in [9.17, 15) is 0 Å². The van der Waals surface area contributed by atoms with Gasteiger partial charge in [0.25, 0.3) is 0 Å². The van der Waals surface area contributed by atoms with Crippen molar-refractivity contribution in [3.63, 3.8) is 0 Å². The van der Waals surface area contributed by atoms with Crippen LogP contribution in [0.25, 0.3) is 0 Å². The lowest BCUT2D eigenvalue weighted by atomic mass is 10.2. The van der Waals surface area contributed by atoms with Crippen LogP contribution in [-0.2, 0) is 6.54 Å². The summed E-state index contributed by atoms with van der Waals surface area (Å²) < 4.78 is 0. The topological polar surface area (TPSA) is 66.5 Å². The molecule has 0 spiro atoms. The Balaban J connectivity index is 0.000001000. The van der Waals surface area contributed by atoms with Crippen LogP contribution in [-0.4, -0.2) is 10.2 Å². The Morgan fingerprint density at radius 3 is 2.27 bits per heavy atom. The number of halogens is 1. The minimum Gasteiger partial charge on any atom is -0.504 e. The fraction of sp³-hybridized carbons (Fsp3) is 0.143. The Morgan fingerprint density at radius 1 is 1.18 bits per heavy atom. The van der Waals surface area contributed by atoms with Crippen molar-refractivity contribution in [1.82, 2.24) is 0 Å². The van der Waals surface area contributed by atoms with E-state index in [1.165, 1.54) is 12.1 Å². The summed E-state index contributed by atoms with van der Waals surface area (Å²) in [6.07, 6.45) is 0. The van der Waals surface area contributed by atoms with E-state index in [-0.39, 0.29) is 23.9 Å². The molecule has 0 fully saturated rings. The van der Waals surface area contributed by atoms with Gasteiger partial charge in [-0.3, -0.25) is 0 Å². The summed E-state index contributed by atoms with van der Waals surface area (Å²) in [6.45, 7) is 0.369. The van der Waals surface area contributed by atoms with Gasteiger partial charge in [-0.2, -0.15) is 0 Å². The molecule has 62 valence electrons. The lowest BCUT2D eigenvalue weighted by molar-refractivity contribution is 0.403. The molecule has 0 aliphatic carbocycles. The fourth-order valence-electron chi connectivity index (χ4n) is 0.696. The van der Waals surface area contributed by atoms with Crippen LogP contribution in [0.4, 0.5) is 0 Å². The average Bonchev–Trinajstić information content (AvgIpc) is 1.95. The third kappa shape index (κ3) is 2.29. The van der Waals surface area contributed by atoms with E-state index in [0.29, 0.717) is 6.54 Å². The largest absolute Gasteiger partial charge is 0.504 e. The van der Waals surface area contributed by atoms with E-state index in [1.807, 2.05) is 0 Å². The Kier molecular flexibility index (Phi) is 3.71. The number of benzene rings is 1. The standard InChI is InChI=1S/C7H9NO2.ClH/c8-4-5-1-2-6(9)7(10)3-5;/h1-3,9-10H,4,8H2;1H. The SMILES string of the molecule is Cl.NCc1ccc(O)c(O)c1. The van der Waals surface area contributed by atoms with Gasteiger partial charge in [-0.25, -0.2) is 0 Å². The number of aromatic hydroxyl groups is 2. The number of hydrogen-bond acceptors (Lipinski definition) is 3. The highest BCUT2D eigenvalue weighted by Gasteiger charge is 1.97. The lowest BCUT2D eigenvalue weighted by Crippen LogP contribution is -1.94. The third-order valence-electron chi connectivity index (χ3n) is 1.28. The van der Waals surface area contributed by atoms with Gasteiger partial charge in [0.2, 0.25) is 0 Å². The summed E-state index contributed by atoms with van der Waals surface area (Å²) >= 11 is 0. The highest BCUT2D eigenvalue weighted by molar-refractivity contribution is 5.85. The van der Waals surface area contributed by atoms with Crippen molar-refractivity contribution in [1.29, 1.82) is 0 Å². The van der Waals surface area contributed by atoms with E-state index >= 15 is 0 Å². The van der Waals surface area contributed by atoms with E-state index in [4.69, 9.17) is 15.9 Å². The quantitative estimate of drug-likeness (QED) is 0.558. The van der Waals surface area contributed by atoms with Crippen molar-refractivity contribution < 1.29 is 10.2 Å². The van der Waals surface area contributed by atoms with Crippen molar-refractivity contribution in [3.05, 3.63) is 23.8 Å². The van der Waals surface area contributed by atoms with Gasteiger partial charge < -0.3 is 15.9 Å². The summed E-state index contributed by atoms with van der Waals surface area (Å²) in [5.74, 6) is -0.236. The molecule has 0 saturated heterocycles. The maximum Gasteiger partial charge on any atom is 0.157 e. The molecule has 4 heteroatoms. The van der Waals surface area contributed by atoms with Crippen LogP contribution in [0.15, 0.2) is 18.2 Å². The minimum absolute atomic E-state index is 0. The summed E-state index contributed by atoms with van der Waals surface area (Å²) in [5, 5.41) is 17.8. The summed E-state index contributed by atoms with van der Waals surface area (Å²) in [4.78, 5) is 0. The molecule has 11 heavy (non-hydrogen) atoms. The molecule has 0 aliphatic heterocycles. The Morgan fingerprint density at radius 2 is 1.82 bits per heavy atom. The predicted molar refractivity (Wildman–Crippen MR) is 44.9 cm³/mol. The molecule has 3 nitrogen and oxygen atoms in total. The number of phenolic OH excluding ortho intramolecular Hbond substituents is 2. The lowest BCUT2D eigenvalue weighted by Gasteiger charge is -1.98. The molecule has 1 rings (SSSR count). The first-order valence-electron chi connectivity index (χ1n) is 2.95. The van der Waals surface area contributed by atoms with Gasteiger partial charge in [0.1, 0.15) is 0 Å². The molecule has 0 saturated carbocycles. The molecule has 0 atom stereocenters. The molecular weight excluding hydrogens is 166 g/mol. The second-order valence-electron chi connectivity index (χ2n) is 2.03. The Hall–Kier alpha value is -0.930. The highest BCUT2D eigenvalue weighted by atomic mass is 35.5. The fourth-order valence-corrected chi connectivity index (χ4v) is 0.696. The molecule has 0 aromatic heterocycles. The minimum atomic E-state index is -0.122. The predicted octanol–water partition coefficient (Wildman–Crippen LogP) is 0.978. The van der Waals surface area contributed by atoms with E-state index in [2.05, 4.69) is 0 Å². The number of rotatable bonds is 1. The van der Waals surface area contributed by atoms with Gasteiger partial charge in [-0.15, -0.1) is 12.4 Å². The molecule has 0 aliphatic rings. The zero-order chi connectivity index (χ0) is 7.56. The molecule has 0 unspecified atom stereocenters. The van der Waals surface area contributed by atoms with E-state index < -0.39 is 0 Å². The van der Waals surface area contributed by atoms with Crippen molar-refractivity contribution >= 4 is 12.4 Å². The van der Waals surface area contributed by atoms with Gasteiger partial charge in [-0.05, 0) is 17.7 Å². The molecule has 4 N–H and O–H groups in total. The molecule has 0 bridgehead atoms. The van der Waals surface area contributed by atoms with Crippen LogP contribution in [0, 0.1) is 0 Å². The Bertz CT molecular complexity index is 240. The van der Waals surface area contributed by atoms with Crippen molar-refractivity contribution in [2.75, 3.05) is 0 Å². The number of nitrogens with two attached hydrogens (primary N) is 1. The maximum absolute atomic E-state index is 8.93. The second-order valence-corrected chi connectivity index (χ2v) is 2.03. The van der Waals surface area contributed by atoms with Crippen LogP contribution in [0.2, 0.25) is 0 Å².